The fourth-order valence-corrected chi connectivity index (χ4v) is 1.51. The van der Waals surface area contributed by atoms with Crippen molar-refractivity contribution < 1.29 is 9.90 Å². The van der Waals surface area contributed by atoms with Gasteiger partial charge in [0.25, 0.3) is 0 Å². The van der Waals surface area contributed by atoms with Crippen molar-refractivity contribution in [1.29, 1.82) is 0 Å². The second-order valence-electron chi connectivity index (χ2n) is 3.08. The van der Waals surface area contributed by atoms with E-state index in [1.165, 1.54) is 0 Å². The summed E-state index contributed by atoms with van der Waals surface area (Å²) in [4.78, 5) is 15.0. The molecule has 1 N–H and O–H groups in total. The summed E-state index contributed by atoms with van der Waals surface area (Å²) in [7, 11) is 0. The highest BCUT2D eigenvalue weighted by molar-refractivity contribution is 9.10. The molecule has 0 amide bonds. The number of aromatic nitrogens is 1. The normalized spacial score (nSPS) is 12.4. The third-order valence-electron chi connectivity index (χ3n) is 1.98. The number of hydrogen-bond donors (Lipinski definition) is 1. The first-order chi connectivity index (χ1) is 6.65. The zero-order chi connectivity index (χ0) is 10.6. The topological polar surface area (TPSA) is 50.2 Å². The van der Waals surface area contributed by atoms with Gasteiger partial charge >= 0.3 is 5.97 Å². The minimum atomic E-state index is -0.804. The van der Waals surface area contributed by atoms with Crippen LogP contribution in [0.15, 0.2) is 22.8 Å². The lowest BCUT2D eigenvalue weighted by Gasteiger charge is -2.09. The smallest absolute Gasteiger partial charge is 0.312 e. The average molecular weight is 258 g/mol. The predicted molar refractivity (Wildman–Crippen MR) is 57.2 cm³/mol. The van der Waals surface area contributed by atoms with Crippen molar-refractivity contribution in [2.75, 3.05) is 0 Å². The van der Waals surface area contributed by atoms with Gasteiger partial charge in [0.1, 0.15) is 0 Å². The molecule has 1 heterocycles. The molecule has 0 aromatic carbocycles. The number of hydrogen-bond acceptors (Lipinski definition) is 2. The summed E-state index contributed by atoms with van der Waals surface area (Å²) in [5.74, 6) is -1.28. The maximum atomic E-state index is 10.9. The van der Waals surface area contributed by atoms with Crippen LogP contribution in [0.5, 0.6) is 0 Å². The van der Waals surface area contributed by atoms with Gasteiger partial charge in [0.2, 0.25) is 0 Å². The molecule has 3 nitrogen and oxygen atoms in total. The Morgan fingerprint density at radius 1 is 1.64 bits per heavy atom. The van der Waals surface area contributed by atoms with Gasteiger partial charge in [-0.25, -0.2) is 0 Å². The van der Waals surface area contributed by atoms with Crippen molar-refractivity contribution in [2.24, 2.45) is 0 Å². The van der Waals surface area contributed by atoms with E-state index in [4.69, 9.17) is 5.11 Å². The fraction of sp³-hybridized carbons (Fsp3) is 0.400. The van der Waals surface area contributed by atoms with Gasteiger partial charge in [0.15, 0.2) is 0 Å². The largest absolute Gasteiger partial charge is 0.481 e. The molecule has 4 heteroatoms. The number of aliphatic carboxylic acids is 1. The molecule has 0 aliphatic rings. The van der Waals surface area contributed by atoms with Crippen LogP contribution in [0.3, 0.4) is 0 Å². The van der Waals surface area contributed by atoms with Gasteiger partial charge in [0.05, 0.1) is 11.6 Å². The number of rotatable bonds is 4. The van der Waals surface area contributed by atoms with Gasteiger partial charge < -0.3 is 5.11 Å². The molecule has 1 aromatic heterocycles. The standard InChI is InChI=1S/C10H12BrNO2/c1-2-3-8(10(13)14)9-5-4-7(11)6-12-9/h4-6,8H,2-3H2,1H3,(H,13,14). The zero-order valence-corrected chi connectivity index (χ0v) is 9.49. The number of halogens is 1. The van der Waals surface area contributed by atoms with E-state index in [2.05, 4.69) is 20.9 Å². The minimum Gasteiger partial charge on any atom is -0.481 e. The minimum absolute atomic E-state index is 0.479. The molecule has 0 aliphatic carbocycles. The van der Waals surface area contributed by atoms with Gasteiger partial charge in [-0.05, 0) is 34.5 Å². The average Bonchev–Trinajstić information content (AvgIpc) is 2.15. The van der Waals surface area contributed by atoms with Gasteiger partial charge in [-0.2, -0.15) is 0 Å². The summed E-state index contributed by atoms with van der Waals surface area (Å²) in [6.45, 7) is 1.97. The summed E-state index contributed by atoms with van der Waals surface area (Å²) < 4.78 is 0.863. The molecular weight excluding hydrogens is 246 g/mol. The Bertz CT molecular complexity index is 310. The van der Waals surface area contributed by atoms with Crippen molar-refractivity contribution in [2.45, 2.75) is 25.7 Å². The molecule has 1 aromatic rings. The number of nitrogens with zero attached hydrogens (tertiary/aromatic N) is 1. The number of carbonyl (C=O) groups is 1. The third-order valence-corrected chi connectivity index (χ3v) is 2.45. The van der Waals surface area contributed by atoms with Crippen molar-refractivity contribution in [1.82, 2.24) is 4.98 Å². The van der Waals surface area contributed by atoms with E-state index in [0.717, 1.165) is 10.9 Å². The molecule has 0 spiro atoms. The van der Waals surface area contributed by atoms with Crippen LogP contribution >= 0.6 is 15.9 Å². The Kier molecular flexibility index (Phi) is 4.07. The number of carboxylic acids is 1. The van der Waals surface area contributed by atoms with Crippen LogP contribution in [-0.2, 0) is 4.79 Å². The molecule has 0 saturated heterocycles. The van der Waals surface area contributed by atoms with Crippen LogP contribution in [0, 0.1) is 0 Å². The first-order valence-corrected chi connectivity index (χ1v) is 5.28. The fourth-order valence-electron chi connectivity index (χ4n) is 1.28. The molecule has 0 aliphatic heterocycles. The van der Waals surface area contributed by atoms with Crippen LogP contribution in [0.25, 0.3) is 0 Å². The van der Waals surface area contributed by atoms with Crippen LogP contribution in [-0.4, -0.2) is 16.1 Å². The molecule has 0 bridgehead atoms. The molecule has 0 saturated carbocycles. The Hall–Kier alpha value is -0.900. The maximum Gasteiger partial charge on any atom is 0.312 e. The summed E-state index contributed by atoms with van der Waals surface area (Å²) in [5.41, 5.74) is 0.627. The predicted octanol–water partition coefficient (Wildman–Crippen LogP) is 2.81. The highest BCUT2D eigenvalue weighted by Crippen LogP contribution is 2.20. The van der Waals surface area contributed by atoms with E-state index >= 15 is 0 Å². The second-order valence-corrected chi connectivity index (χ2v) is 4.00. The lowest BCUT2D eigenvalue weighted by atomic mass is 10.00. The molecule has 1 rings (SSSR count). The second kappa shape index (κ2) is 5.10. The molecule has 1 unspecified atom stereocenters. The summed E-state index contributed by atoms with van der Waals surface area (Å²) in [6.07, 6.45) is 3.10. The monoisotopic (exact) mass is 257 g/mol. The Morgan fingerprint density at radius 3 is 2.79 bits per heavy atom. The first kappa shape index (κ1) is 11.2. The third kappa shape index (κ3) is 2.80. The van der Waals surface area contributed by atoms with Gasteiger partial charge in [0, 0.05) is 10.7 Å². The van der Waals surface area contributed by atoms with Crippen LogP contribution in [0.2, 0.25) is 0 Å². The quantitative estimate of drug-likeness (QED) is 0.903. The summed E-state index contributed by atoms with van der Waals surface area (Å²) >= 11 is 3.26. The van der Waals surface area contributed by atoms with Gasteiger partial charge in [-0.15, -0.1) is 0 Å². The van der Waals surface area contributed by atoms with E-state index in [1.54, 1.807) is 12.3 Å². The van der Waals surface area contributed by atoms with Gasteiger partial charge in [-0.3, -0.25) is 9.78 Å². The van der Waals surface area contributed by atoms with Crippen molar-refractivity contribution >= 4 is 21.9 Å². The lowest BCUT2D eigenvalue weighted by Crippen LogP contribution is -2.12. The van der Waals surface area contributed by atoms with E-state index in [-0.39, 0.29) is 0 Å². The molecule has 0 radical (unpaired) electrons. The lowest BCUT2D eigenvalue weighted by molar-refractivity contribution is -0.139. The Morgan fingerprint density at radius 2 is 2.36 bits per heavy atom. The highest BCUT2D eigenvalue weighted by atomic mass is 79.9. The molecule has 76 valence electrons. The maximum absolute atomic E-state index is 10.9. The van der Waals surface area contributed by atoms with E-state index < -0.39 is 11.9 Å². The SMILES string of the molecule is CCCC(C(=O)O)c1ccc(Br)cn1. The van der Waals surface area contributed by atoms with Crippen LogP contribution < -0.4 is 0 Å². The highest BCUT2D eigenvalue weighted by Gasteiger charge is 2.19. The van der Waals surface area contributed by atoms with Crippen molar-refractivity contribution in [3.05, 3.63) is 28.5 Å². The molecular formula is C10H12BrNO2. The van der Waals surface area contributed by atoms with Gasteiger partial charge in [-0.1, -0.05) is 13.3 Å². The first-order valence-electron chi connectivity index (χ1n) is 4.49. The zero-order valence-electron chi connectivity index (χ0n) is 7.90. The summed E-state index contributed by atoms with van der Waals surface area (Å²) in [5, 5.41) is 8.98. The Balaban J connectivity index is 2.87. The van der Waals surface area contributed by atoms with E-state index in [9.17, 15) is 4.79 Å². The summed E-state index contributed by atoms with van der Waals surface area (Å²) in [6, 6.07) is 3.56. The van der Waals surface area contributed by atoms with E-state index in [0.29, 0.717) is 12.1 Å². The van der Waals surface area contributed by atoms with Crippen molar-refractivity contribution in [3.8, 4) is 0 Å². The van der Waals surface area contributed by atoms with Crippen molar-refractivity contribution in [3.63, 3.8) is 0 Å². The molecule has 1 atom stereocenters. The number of carboxylic acid groups (broad SMARTS) is 1. The Labute approximate surface area is 91.3 Å². The van der Waals surface area contributed by atoms with Crippen LogP contribution in [0.1, 0.15) is 31.4 Å². The van der Waals surface area contributed by atoms with Crippen LogP contribution in [0.4, 0.5) is 0 Å². The molecule has 14 heavy (non-hydrogen) atoms. The number of pyridine rings is 1. The molecule has 0 fully saturated rings. The van der Waals surface area contributed by atoms with E-state index in [1.807, 2.05) is 13.0 Å².